The molecular weight excluding hydrogens is 400 g/mol. The van der Waals surface area contributed by atoms with E-state index in [1.807, 2.05) is 12.1 Å². The van der Waals surface area contributed by atoms with Crippen LogP contribution in [0.1, 0.15) is 38.7 Å². The number of nitrogens with zero attached hydrogens (tertiary/aromatic N) is 2. The second-order valence-corrected chi connectivity index (χ2v) is 8.80. The van der Waals surface area contributed by atoms with Gasteiger partial charge < -0.3 is 20.1 Å². The predicted molar refractivity (Wildman–Crippen MR) is 123 cm³/mol. The maximum Gasteiger partial charge on any atom is 0.191 e. The summed E-state index contributed by atoms with van der Waals surface area (Å²) >= 11 is 6.31. The van der Waals surface area contributed by atoms with Gasteiger partial charge in [0.1, 0.15) is 0 Å². The molecule has 2 fully saturated rings. The summed E-state index contributed by atoms with van der Waals surface area (Å²) in [6.45, 7) is 11.3. The first-order chi connectivity index (χ1) is 14.6. The number of likely N-dealkylation sites (tertiary alicyclic amines) is 1. The fourth-order valence-electron chi connectivity index (χ4n) is 3.93. The van der Waals surface area contributed by atoms with Crippen LogP contribution in [-0.4, -0.2) is 69.0 Å². The number of ether oxygens (including phenoxy) is 2. The number of halogens is 1. The van der Waals surface area contributed by atoms with Gasteiger partial charge in [0.05, 0.1) is 19.3 Å². The number of benzene rings is 1. The Morgan fingerprint density at radius 1 is 1.30 bits per heavy atom. The van der Waals surface area contributed by atoms with Crippen LogP contribution in [0, 0.1) is 5.92 Å². The molecule has 2 aliphatic rings. The van der Waals surface area contributed by atoms with Gasteiger partial charge in [-0.1, -0.05) is 29.8 Å². The van der Waals surface area contributed by atoms with Crippen molar-refractivity contribution in [1.29, 1.82) is 0 Å². The summed E-state index contributed by atoms with van der Waals surface area (Å²) in [4.78, 5) is 7.35. The van der Waals surface area contributed by atoms with E-state index in [-0.39, 0.29) is 12.1 Å². The van der Waals surface area contributed by atoms with E-state index in [0.29, 0.717) is 12.5 Å². The second kappa shape index (κ2) is 12.5. The van der Waals surface area contributed by atoms with Crippen LogP contribution in [0.5, 0.6) is 0 Å². The van der Waals surface area contributed by atoms with Crippen LogP contribution < -0.4 is 10.6 Å². The molecule has 0 aromatic heterocycles. The molecule has 1 aromatic carbocycles. The van der Waals surface area contributed by atoms with Crippen molar-refractivity contribution in [2.45, 2.75) is 51.8 Å². The zero-order valence-electron chi connectivity index (χ0n) is 18.4. The van der Waals surface area contributed by atoms with E-state index in [4.69, 9.17) is 26.1 Å². The third kappa shape index (κ3) is 7.73. The number of nitrogens with one attached hydrogen (secondary N) is 2. The van der Waals surface area contributed by atoms with Gasteiger partial charge in [-0.25, -0.2) is 0 Å². The molecule has 0 amide bonds. The normalized spacial score (nSPS) is 22.2. The van der Waals surface area contributed by atoms with Crippen LogP contribution in [-0.2, 0) is 16.0 Å². The molecule has 0 bridgehead atoms. The number of hydrogen-bond acceptors (Lipinski definition) is 4. The highest BCUT2D eigenvalue weighted by molar-refractivity contribution is 6.31. The van der Waals surface area contributed by atoms with Crippen molar-refractivity contribution in [3.8, 4) is 0 Å². The van der Waals surface area contributed by atoms with Crippen molar-refractivity contribution in [2.24, 2.45) is 10.9 Å². The molecule has 30 heavy (non-hydrogen) atoms. The van der Waals surface area contributed by atoms with Crippen molar-refractivity contribution in [3.63, 3.8) is 0 Å². The summed E-state index contributed by atoms with van der Waals surface area (Å²) in [5, 5.41) is 7.70. The first kappa shape index (κ1) is 23.3. The highest BCUT2D eigenvalue weighted by Gasteiger charge is 2.20. The smallest absolute Gasteiger partial charge is 0.191 e. The molecule has 3 rings (SSSR count). The summed E-state index contributed by atoms with van der Waals surface area (Å²) in [5.74, 6) is 1.51. The second-order valence-electron chi connectivity index (χ2n) is 8.39. The molecule has 6 nitrogen and oxygen atoms in total. The minimum Gasteiger partial charge on any atom is -0.379 e. The molecule has 2 unspecified atom stereocenters. The van der Waals surface area contributed by atoms with Crippen LogP contribution in [0.2, 0.25) is 5.02 Å². The molecule has 0 radical (unpaired) electrons. The SMILES string of the molecule is CCNC(=NCC1CCN(Cc2ccccc2Cl)CC1)NC(C)COC1CCOC1. The molecule has 2 N–H and O–H groups in total. The van der Waals surface area contributed by atoms with Crippen LogP contribution in [0.25, 0.3) is 0 Å². The molecule has 0 aliphatic carbocycles. The zero-order chi connectivity index (χ0) is 21.2. The minimum absolute atomic E-state index is 0.209. The van der Waals surface area contributed by atoms with Crippen molar-refractivity contribution in [3.05, 3.63) is 34.9 Å². The van der Waals surface area contributed by atoms with Crippen LogP contribution in [0.3, 0.4) is 0 Å². The Bertz CT molecular complexity index is 658. The third-order valence-electron chi connectivity index (χ3n) is 5.76. The molecular formula is C23H37ClN4O2. The Balaban J connectivity index is 1.39. The lowest BCUT2D eigenvalue weighted by Crippen LogP contribution is -2.45. The van der Waals surface area contributed by atoms with E-state index in [0.717, 1.165) is 63.3 Å². The average Bonchev–Trinajstić information content (AvgIpc) is 3.27. The predicted octanol–water partition coefficient (Wildman–Crippen LogP) is 3.30. The van der Waals surface area contributed by atoms with Crippen molar-refractivity contribution < 1.29 is 9.47 Å². The van der Waals surface area contributed by atoms with Crippen LogP contribution in [0.4, 0.5) is 0 Å². The molecule has 2 heterocycles. The van der Waals surface area contributed by atoms with Gasteiger partial charge in [0, 0.05) is 37.3 Å². The van der Waals surface area contributed by atoms with Gasteiger partial charge in [0.2, 0.25) is 0 Å². The highest BCUT2D eigenvalue weighted by atomic mass is 35.5. The molecule has 2 atom stereocenters. The Hall–Kier alpha value is -1.34. The number of hydrogen-bond donors (Lipinski definition) is 2. The number of guanidine groups is 1. The van der Waals surface area contributed by atoms with Gasteiger partial charge in [-0.15, -0.1) is 0 Å². The fraction of sp³-hybridized carbons (Fsp3) is 0.696. The first-order valence-electron chi connectivity index (χ1n) is 11.3. The van der Waals surface area contributed by atoms with Crippen molar-refractivity contribution >= 4 is 17.6 Å². The molecule has 2 aliphatic heterocycles. The van der Waals surface area contributed by atoms with E-state index < -0.39 is 0 Å². The van der Waals surface area contributed by atoms with E-state index in [1.165, 1.54) is 18.4 Å². The third-order valence-corrected chi connectivity index (χ3v) is 6.13. The van der Waals surface area contributed by atoms with Crippen LogP contribution in [0.15, 0.2) is 29.3 Å². The number of aliphatic imine (C=N–C) groups is 1. The maximum atomic E-state index is 6.31. The molecule has 2 saturated heterocycles. The van der Waals surface area contributed by atoms with Gasteiger partial charge in [-0.3, -0.25) is 9.89 Å². The summed E-state index contributed by atoms with van der Waals surface area (Å²) in [5.41, 5.74) is 1.22. The van der Waals surface area contributed by atoms with Gasteiger partial charge in [-0.2, -0.15) is 0 Å². The quantitative estimate of drug-likeness (QED) is 0.459. The van der Waals surface area contributed by atoms with E-state index in [9.17, 15) is 0 Å². The average molecular weight is 437 g/mol. The fourth-order valence-corrected chi connectivity index (χ4v) is 4.13. The summed E-state index contributed by atoms with van der Waals surface area (Å²) < 4.78 is 11.3. The topological polar surface area (TPSA) is 58.1 Å². The summed E-state index contributed by atoms with van der Waals surface area (Å²) in [7, 11) is 0. The Kier molecular flexibility index (Phi) is 9.72. The van der Waals surface area contributed by atoms with Crippen LogP contribution >= 0.6 is 11.6 Å². The zero-order valence-corrected chi connectivity index (χ0v) is 19.2. The molecule has 0 saturated carbocycles. The maximum absolute atomic E-state index is 6.31. The molecule has 1 aromatic rings. The summed E-state index contributed by atoms with van der Waals surface area (Å²) in [6.07, 6.45) is 3.59. The number of rotatable bonds is 9. The number of piperidine rings is 1. The molecule has 168 valence electrons. The first-order valence-corrected chi connectivity index (χ1v) is 11.7. The molecule has 0 spiro atoms. The lowest BCUT2D eigenvalue weighted by molar-refractivity contribution is 0.0347. The van der Waals surface area contributed by atoms with Crippen molar-refractivity contribution in [1.82, 2.24) is 15.5 Å². The van der Waals surface area contributed by atoms with Gasteiger partial charge >= 0.3 is 0 Å². The van der Waals surface area contributed by atoms with Gasteiger partial charge in [-0.05, 0) is 63.7 Å². The minimum atomic E-state index is 0.209. The van der Waals surface area contributed by atoms with Gasteiger partial charge in [0.25, 0.3) is 0 Å². The Morgan fingerprint density at radius 2 is 2.10 bits per heavy atom. The standard InChI is InChI=1S/C23H37ClN4O2/c1-3-25-23(27-18(2)16-30-21-10-13-29-17-21)26-14-19-8-11-28(12-9-19)15-20-6-4-5-7-22(20)24/h4-7,18-19,21H,3,8-17H2,1-2H3,(H2,25,26,27). The van der Waals surface area contributed by atoms with E-state index in [1.54, 1.807) is 0 Å². The molecule has 7 heteroatoms. The van der Waals surface area contributed by atoms with Gasteiger partial charge in [0.15, 0.2) is 5.96 Å². The highest BCUT2D eigenvalue weighted by Crippen LogP contribution is 2.22. The van der Waals surface area contributed by atoms with Crippen molar-refractivity contribution in [2.75, 3.05) is 46.0 Å². The lowest BCUT2D eigenvalue weighted by Gasteiger charge is -2.31. The lowest BCUT2D eigenvalue weighted by atomic mass is 9.96. The Labute approximate surface area is 186 Å². The monoisotopic (exact) mass is 436 g/mol. The van der Waals surface area contributed by atoms with E-state index >= 15 is 0 Å². The van der Waals surface area contributed by atoms with E-state index in [2.05, 4.69) is 41.5 Å². The largest absolute Gasteiger partial charge is 0.379 e. The Morgan fingerprint density at radius 3 is 2.80 bits per heavy atom. The summed E-state index contributed by atoms with van der Waals surface area (Å²) in [6, 6.07) is 8.35.